The van der Waals surface area contributed by atoms with Crippen LogP contribution in [0.2, 0.25) is 0 Å². The highest BCUT2D eigenvalue weighted by molar-refractivity contribution is 6.11. The summed E-state index contributed by atoms with van der Waals surface area (Å²) < 4.78 is 1.67. The number of nitrogens with one attached hydrogen (secondary N) is 2. The van der Waals surface area contributed by atoms with Gasteiger partial charge in [0.05, 0.1) is 5.71 Å². The number of H-pyrrole nitrogens is 1. The molecule has 1 aliphatic rings. The summed E-state index contributed by atoms with van der Waals surface area (Å²) in [7, 11) is 0. The molecule has 6 nitrogen and oxygen atoms in total. The summed E-state index contributed by atoms with van der Waals surface area (Å²) in [5, 5.41) is 18.5. The van der Waals surface area contributed by atoms with Gasteiger partial charge in [-0.15, -0.1) is 9.61 Å². The molecule has 0 saturated heterocycles. The predicted octanol–water partition coefficient (Wildman–Crippen LogP) is 2.63. The van der Waals surface area contributed by atoms with E-state index in [1.54, 1.807) is 10.8 Å². The Balaban J connectivity index is 1.52. The van der Waals surface area contributed by atoms with Gasteiger partial charge in [-0.1, -0.05) is 35.4 Å². The van der Waals surface area contributed by atoms with Crippen molar-refractivity contribution in [3.05, 3.63) is 65.5 Å². The maximum atomic E-state index is 4.55. The van der Waals surface area contributed by atoms with Crippen molar-refractivity contribution in [3.8, 4) is 0 Å². The second-order valence-corrected chi connectivity index (χ2v) is 6.31. The Morgan fingerprint density at radius 1 is 1.12 bits per heavy atom. The number of rotatable bonds is 3. The van der Waals surface area contributed by atoms with Crippen LogP contribution >= 0.6 is 0 Å². The molecule has 0 unspecified atom stereocenters. The lowest BCUT2D eigenvalue weighted by molar-refractivity contribution is -0.579. The van der Waals surface area contributed by atoms with Crippen molar-refractivity contribution in [2.45, 2.75) is 19.8 Å². The third kappa shape index (κ3) is 2.26. The van der Waals surface area contributed by atoms with E-state index in [1.807, 2.05) is 19.1 Å². The number of anilines is 1. The number of benzene rings is 2. The molecule has 2 heterocycles. The average Bonchev–Trinajstić information content (AvgIpc) is 3.28. The average molecular weight is 329 g/mol. The number of aryl methyl sites for hydroxylation is 2. The third-order valence-corrected chi connectivity index (χ3v) is 4.80. The van der Waals surface area contributed by atoms with Crippen LogP contribution in [0.1, 0.15) is 23.6 Å². The monoisotopic (exact) mass is 329 g/mol. The highest BCUT2D eigenvalue weighted by Gasteiger charge is 2.16. The van der Waals surface area contributed by atoms with Gasteiger partial charge in [0.2, 0.25) is 6.33 Å². The first-order valence-corrected chi connectivity index (χ1v) is 8.36. The van der Waals surface area contributed by atoms with Crippen LogP contribution in [-0.2, 0) is 12.8 Å². The van der Waals surface area contributed by atoms with Crippen LogP contribution < -0.4 is 9.94 Å². The van der Waals surface area contributed by atoms with E-state index < -0.39 is 0 Å². The first-order chi connectivity index (χ1) is 12.3. The van der Waals surface area contributed by atoms with Gasteiger partial charge in [0, 0.05) is 16.7 Å². The topological polar surface area (TPSA) is 70.1 Å². The lowest BCUT2D eigenvalue weighted by atomic mass is 9.98. The van der Waals surface area contributed by atoms with Crippen LogP contribution in [0.25, 0.3) is 16.4 Å². The predicted molar refractivity (Wildman–Crippen MR) is 96.7 cm³/mol. The van der Waals surface area contributed by atoms with Crippen molar-refractivity contribution >= 4 is 27.9 Å². The third-order valence-electron chi connectivity index (χ3n) is 4.80. The van der Waals surface area contributed by atoms with Gasteiger partial charge in [-0.3, -0.25) is 5.43 Å². The van der Waals surface area contributed by atoms with Gasteiger partial charge in [-0.05, 0) is 47.7 Å². The quantitative estimate of drug-likeness (QED) is 0.345. The summed E-state index contributed by atoms with van der Waals surface area (Å²) in [6.07, 6.45) is 3.97. The fraction of sp³-hybridized carbons (Fsp3) is 0.158. The van der Waals surface area contributed by atoms with Crippen molar-refractivity contribution in [2.24, 2.45) is 5.10 Å². The standard InChI is InChI=1S/C19H16N6/c1-12(21-22-17-9-10-18-23-20-11-25(18)24-17)15-8-7-14-6-5-13-3-2-4-16(15)19(13)14/h2-4,7-11H,5-6H2,1H3,(H,22,24)/p+1. The summed E-state index contributed by atoms with van der Waals surface area (Å²) in [4.78, 5) is 0. The van der Waals surface area contributed by atoms with Crippen LogP contribution in [-0.4, -0.2) is 21.0 Å². The number of hydrazone groups is 1. The van der Waals surface area contributed by atoms with E-state index in [2.05, 4.69) is 56.2 Å². The van der Waals surface area contributed by atoms with Gasteiger partial charge in [0.1, 0.15) is 0 Å². The van der Waals surface area contributed by atoms with Crippen LogP contribution in [0.15, 0.2) is 53.9 Å². The summed E-state index contributed by atoms with van der Waals surface area (Å²) in [5.41, 5.74) is 8.80. The molecule has 1 aliphatic carbocycles. The summed E-state index contributed by atoms with van der Waals surface area (Å²) in [6.45, 7) is 2.02. The first kappa shape index (κ1) is 14.1. The number of fused-ring (bicyclic) bond motifs is 1. The molecule has 0 fully saturated rings. The van der Waals surface area contributed by atoms with Crippen molar-refractivity contribution < 1.29 is 4.52 Å². The van der Waals surface area contributed by atoms with Crippen molar-refractivity contribution in [1.82, 2.24) is 15.3 Å². The van der Waals surface area contributed by atoms with Crippen molar-refractivity contribution in [1.29, 1.82) is 0 Å². The van der Waals surface area contributed by atoms with Crippen LogP contribution in [0.5, 0.6) is 0 Å². The van der Waals surface area contributed by atoms with E-state index in [0.29, 0.717) is 5.82 Å². The molecule has 2 aromatic heterocycles. The second-order valence-electron chi connectivity index (χ2n) is 6.31. The Labute approximate surface area is 144 Å². The Hall–Kier alpha value is -3.28. The highest BCUT2D eigenvalue weighted by Crippen LogP contribution is 2.33. The molecule has 0 saturated carbocycles. The van der Waals surface area contributed by atoms with E-state index in [9.17, 15) is 0 Å². The minimum absolute atomic E-state index is 0.671. The van der Waals surface area contributed by atoms with Crippen LogP contribution in [0.4, 0.5) is 5.82 Å². The van der Waals surface area contributed by atoms with Gasteiger partial charge in [0.25, 0.3) is 0 Å². The second kappa shape index (κ2) is 5.37. The summed E-state index contributed by atoms with van der Waals surface area (Å²) >= 11 is 0. The van der Waals surface area contributed by atoms with E-state index in [0.717, 1.165) is 29.8 Å². The molecule has 122 valence electrons. The largest absolute Gasteiger partial charge is 0.325 e. The molecule has 0 radical (unpaired) electrons. The van der Waals surface area contributed by atoms with Gasteiger partial charge in [-0.25, -0.2) is 0 Å². The minimum atomic E-state index is 0.671. The zero-order chi connectivity index (χ0) is 16.8. The lowest BCUT2D eigenvalue weighted by Gasteiger charge is -2.09. The molecule has 4 aromatic rings. The smallest absolute Gasteiger partial charge is 0.259 e. The first-order valence-electron chi connectivity index (χ1n) is 8.36. The van der Waals surface area contributed by atoms with E-state index in [1.165, 1.54) is 21.9 Å². The molecular weight excluding hydrogens is 312 g/mol. The van der Waals surface area contributed by atoms with Crippen LogP contribution in [0.3, 0.4) is 0 Å². The Bertz CT molecular complexity index is 1130. The van der Waals surface area contributed by atoms with E-state index in [-0.39, 0.29) is 0 Å². The SMILES string of the molecule is CC(=NNc1ccc2n[nH]c[n+]2n1)c1ccc2c3c(cccc13)CC2. The molecule has 0 amide bonds. The zero-order valence-electron chi connectivity index (χ0n) is 13.8. The van der Waals surface area contributed by atoms with Crippen molar-refractivity contribution in [2.75, 3.05) is 5.43 Å². The van der Waals surface area contributed by atoms with Gasteiger partial charge >= 0.3 is 5.65 Å². The number of aromatic amines is 1. The van der Waals surface area contributed by atoms with Crippen LogP contribution in [0, 0.1) is 0 Å². The lowest BCUT2D eigenvalue weighted by Crippen LogP contribution is -2.24. The Kier molecular flexibility index (Phi) is 3.03. The molecule has 5 rings (SSSR count). The molecular formula is C19H17N6+. The van der Waals surface area contributed by atoms with Gasteiger partial charge in [0.15, 0.2) is 5.82 Å². The zero-order valence-corrected chi connectivity index (χ0v) is 13.8. The molecule has 2 N–H and O–H groups in total. The number of aromatic nitrogens is 4. The Morgan fingerprint density at radius 3 is 2.92 bits per heavy atom. The maximum absolute atomic E-state index is 4.55. The number of hydrogen-bond acceptors (Lipinski definition) is 4. The molecule has 2 aromatic carbocycles. The molecule has 0 aliphatic heterocycles. The number of hydrogen-bond donors (Lipinski definition) is 2. The van der Waals surface area contributed by atoms with E-state index in [4.69, 9.17) is 0 Å². The normalized spacial score (nSPS) is 13.7. The maximum Gasteiger partial charge on any atom is 0.325 e. The number of nitrogens with zero attached hydrogens (tertiary/aromatic N) is 4. The molecule has 0 spiro atoms. The van der Waals surface area contributed by atoms with Crippen molar-refractivity contribution in [3.63, 3.8) is 0 Å². The summed E-state index contributed by atoms with van der Waals surface area (Å²) in [5.74, 6) is 0.671. The molecule has 0 bridgehead atoms. The Morgan fingerprint density at radius 2 is 2.00 bits per heavy atom. The fourth-order valence-electron chi connectivity index (χ4n) is 3.59. The molecule has 25 heavy (non-hydrogen) atoms. The highest BCUT2D eigenvalue weighted by atomic mass is 15.4. The van der Waals surface area contributed by atoms with Gasteiger partial charge in [-0.2, -0.15) is 5.10 Å². The minimum Gasteiger partial charge on any atom is -0.259 e. The summed E-state index contributed by atoms with van der Waals surface area (Å²) in [6, 6.07) is 14.7. The van der Waals surface area contributed by atoms with E-state index >= 15 is 0 Å². The fourth-order valence-corrected chi connectivity index (χ4v) is 3.59. The molecule has 6 heteroatoms. The van der Waals surface area contributed by atoms with Gasteiger partial charge < -0.3 is 0 Å². The molecule has 0 atom stereocenters.